The highest BCUT2D eigenvalue weighted by molar-refractivity contribution is 6.31. The quantitative estimate of drug-likeness (QED) is 0.459. The Morgan fingerprint density at radius 1 is 1.21 bits per heavy atom. The normalized spacial score (nSPS) is 20.6. The molecule has 1 saturated heterocycles. The zero-order valence-electron chi connectivity index (χ0n) is 8.20. The number of nitrogens with two attached hydrogens (primary N) is 2. The number of ether oxygens (including phenoxy) is 2. The molecule has 1 aliphatic heterocycles. The van der Waals surface area contributed by atoms with Gasteiger partial charge < -0.3 is 15.2 Å². The molecule has 14 heavy (non-hydrogen) atoms. The minimum Gasteiger partial charge on any atom is -0.398 e. The van der Waals surface area contributed by atoms with Gasteiger partial charge in [0.25, 0.3) is 0 Å². The van der Waals surface area contributed by atoms with Gasteiger partial charge in [-0.3, -0.25) is 5.73 Å². The predicted octanol–water partition coefficient (Wildman–Crippen LogP) is -0.784. The third-order valence-electron chi connectivity index (χ3n) is 2.61. The summed E-state index contributed by atoms with van der Waals surface area (Å²) in [5.41, 5.74) is 10.5. The van der Waals surface area contributed by atoms with Crippen molar-refractivity contribution < 1.29 is 19.1 Å². The van der Waals surface area contributed by atoms with Gasteiger partial charge in [0.15, 0.2) is 0 Å². The van der Waals surface area contributed by atoms with Crippen LogP contribution >= 0.6 is 0 Å². The second-order valence-corrected chi connectivity index (χ2v) is 3.31. The van der Waals surface area contributed by atoms with Gasteiger partial charge in [-0.25, -0.2) is 9.59 Å². The molecule has 0 aliphatic carbocycles. The highest BCUT2D eigenvalue weighted by Gasteiger charge is 2.57. The molecule has 1 aliphatic rings. The van der Waals surface area contributed by atoms with Crippen LogP contribution in [0.25, 0.3) is 0 Å². The second-order valence-electron chi connectivity index (χ2n) is 3.31. The molecule has 6 heteroatoms. The first-order valence-electron chi connectivity index (χ1n) is 4.42. The highest BCUT2D eigenvalue weighted by atomic mass is 16.8. The van der Waals surface area contributed by atoms with Crippen molar-refractivity contribution in [2.45, 2.75) is 38.1 Å². The van der Waals surface area contributed by atoms with E-state index in [4.69, 9.17) is 11.5 Å². The summed E-state index contributed by atoms with van der Waals surface area (Å²) in [5.74, 6) is -4.02. The van der Waals surface area contributed by atoms with E-state index < -0.39 is 23.4 Å². The van der Waals surface area contributed by atoms with E-state index in [0.717, 1.165) is 0 Å². The predicted molar refractivity (Wildman–Crippen MR) is 46.6 cm³/mol. The molecule has 4 N–H and O–H groups in total. The zero-order chi connectivity index (χ0) is 11.0. The SMILES string of the molecule is CCC(N)(CC)C1(N)OC(=O)C(=O)O1. The smallest absolute Gasteiger partial charge is 0.398 e. The average molecular weight is 202 g/mol. The summed E-state index contributed by atoms with van der Waals surface area (Å²) in [6.07, 6.45) is 0.862. The van der Waals surface area contributed by atoms with Gasteiger partial charge in [0.05, 0.1) is 0 Å². The van der Waals surface area contributed by atoms with Crippen LogP contribution in [0.3, 0.4) is 0 Å². The molecular formula is C8H14N2O4. The molecule has 0 unspecified atom stereocenters. The van der Waals surface area contributed by atoms with Crippen molar-refractivity contribution >= 4 is 11.9 Å². The number of hydrogen-bond acceptors (Lipinski definition) is 6. The van der Waals surface area contributed by atoms with Crippen molar-refractivity contribution in [2.75, 3.05) is 0 Å². The lowest BCUT2D eigenvalue weighted by atomic mass is 9.90. The van der Waals surface area contributed by atoms with Crippen molar-refractivity contribution in [2.24, 2.45) is 11.5 Å². The summed E-state index contributed by atoms with van der Waals surface area (Å²) in [5, 5.41) is 0. The van der Waals surface area contributed by atoms with Crippen molar-refractivity contribution in [1.82, 2.24) is 0 Å². The highest BCUT2D eigenvalue weighted by Crippen LogP contribution is 2.31. The van der Waals surface area contributed by atoms with Crippen LogP contribution in [0.1, 0.15) is 26.7 Å². The molecular weight excluding hydrogens is 188 g/mol. The van der Waals surface area contributed by atoms with Crippen molar-refractivity contribution in [3.05, 3.63) is 0 Å². The van der Waals surface area contributed by atoms with Crippen LogP contribution in [0.2, 0.25) is 0 Å². The van der Waals surface area contributed by atoms with E-state index in [1.54, 1.807) is 13.8 Å². The summed E-state index contributed by atoms with van der Waals surface area (Å²) in [6, 6.07) is 0. The van der Waals surface area contributed by atoms with Crippen LogP contribution in [0.15, 0.2) is 0 Å². The Morgan fingerprint density at radius 2 is 1.57 bits per heavy atom. The first kappa shape index (κ1) is 10.9. The lowest BCUT2D eigenvalue weighted by Crippen LogP contribution is -2.66. The molecule has 0 bridgehead atoms. The first-order chi connectivity index (χ1) is 6.38. The molecule has 80 valence electrons. The molecule has 6 nitrogen and oxygen atoms in total. The van der Waals surface area contributed by atoms with E-state index in [1.165, 1.54) is 0 Å². The Labute approximate surface area is 81.5 Å². The Morgan fingerprint density at radius 3 is 1.86 bits per heavy atom. The minimum absolute atomic E-state index is 0.431. The molecule has 0 aromatic carbocycles. The van der Waals surface area contributed by atoms with Crippen LogP contribution in [0.4, 0.5) is 0 Å². The first-order valence-corrected chi connectivity index (χ1v) is 4.42. The van der Waals surface area contributed by atoms with Crippen LogP contribution < -0.4 is 11.5 Å². The van der Waals surface area contributed by atoms with Gasteiger partial charge in [0.1, 0.15) is 5.54 Å². The molecule has 0 aromatic heterocycles. The molecule has 0 amide bonds. The second kappa shape index (κ2) is 3.21. The summed E-state index contributed by atoms with van der Waals surface area (Å²) in [4.78, 5) is 21.7. The number of hydrogen-bond donors (Lipinski definition) is 2. The average Bonchev–Trinajstić information content (AvgIpc) is 2.41. The molecule has 1 fully saturated rings. The van der Waals surface area contributed by atoms with Gasteiger partial charge >= 0.3 is 17.8 Å². The van der Waals surface area contributed by atoms with Crippen molar-refractivity contribution in [1.29, 1.82) is 0 Å². The summed E-state index contributed by atoms with van der Waals surface area (Å²) in [6.45, 7) is 3.55. The van der Waals surface area contributed by atoms with Gasteiger partial charge in [0, 0.05) is 0 Å². The fraction of sp³-hybridized carbons (Fsp3) is 0.750. The third-order valence-corrected chi connectivity index (χ3v) is 2.61. The third kappa shape index (κ3) is 1.36. The molecule has 0 saturated carbocycles. The van der Waals surface area contributed by atoms with Crippen LogP contribution in [-0.4, -0.2) is 23.4 Å². The molecule has 0 radical (unpaired) electrons. The Bertz CT molecular complexity index is 257. The maximum absolute atomic E-state index is 10.8. The van der Waals surface area contributed by atoms with Gasteiger partial charge in [-0.05, 0) is 12.8 Å². The maximum Gasteiger partial charge on any atom is 0.421 e. The fourth-order valence-electron chi connectivity index (χ4n) is 1.33. The van der Waals surface area contributed by atoms with Crippen LogP contribution in [0.5, 0.6) is 0 Å². The number of cyclic esters (lactones) is 2. The van der Waals surface area contributed by atoms with E-state index in [0.29, 0.717) is 12.8 Å². The lowest BCUT2D eigenvalue weighted by Gasteiger charge is -2.37. The fourth-order valence-corrected chi connectivity index (χ4v) is 1.33. The van der Waals surface area contributed by atoms with Crippen molar-refractivity contribution in [3.8, 4) is 0 Å². The maximum atomic E-state index is 10.8. The monoisotopic (exact) mass is 202 g/mol. The molecule has 1 heterocycles. The Balaban J connectivity index is 2.96. The topological polar surface area (TPSA) is 105 Å². The van der Waals surface area contributed by atoms with Crippen molar-refractivity contribution in [3.63, 3.8) is 0 Å². The summed E-state index contributed by atoms with van der Waals surface area (Å²) in [7, 11) is 0. The van der Waals surface area contributed by atoms with Crippen LogP contribution in [-0.2, 0) is 19.1 Å². The number of rotatable bonds is 3. The summed E-state index contributed by atoms with van der Waals surface area (Å²) < 4.78 is 9.30. The molecule has 1 rings (SSSR count). The van der Waals surface area contributed by atoms with Gasteiger partial charge in [-0.2, -0.15) is 0 Å². The number of esters is 2. The molecule has 0 spiro atoms. The van der Waals surface area contributed by atoms with Gasteiger partial charge in [-0.1, -0.05) is 13.8 Å². The Hall–Kier alpha value is -1.14. The van der Waals surface area contributed by atoms with Crippen LogP contribution in [0, 0.1) is 0 Å². The largest absolute Gasteiger partial charge is 0.421 e. The van der Waals surface area contributed by atoms with E-state index in [2.05, 4.69) is 9.47 Å². The minimum atomic E-state index is -1.83. The number of carbonyl (C=O) groups is 2. The zero-order valence-corrected chi connectivity index (χ0v) is 8.20. The number of carbonyl (C=O) groups excluding carboxylic acids is 2. The van der Waals surface area contributed by atoms with E-state index in [-0.39, 0.29) is 0 Å². The Kier molecular flexibility index (Phi) is 2.51. The standard InChI is InChI=1S/C8H14N2O4/c1-3-7(9,4-2)8(10)13-5(11)6(12)14-8/h3-4,9-10H2,1-2H3. The summed E-state index contributed by atoms with van der Waals surface area (Å²) >= 11 is 0. The van der Waals surface area contributed by atoms with E-state index in [1.807, 2.05) is 0 Å². The van der Waals surface area contributed by atoms with E-state index >= 15 is 0 Å². The van der Waals surface area contributed by atoms with Gasteiger partial charge in [-0.15, -0.1) is 0 Å². The molecule has 0 atom stereocenters. The van der Waals surface area contributed by atoms with E-state index in [9.17, 15) is 9.59 Å². The molecule has 0 aromatic rings. The van der Waals surface area contributed by atoms with Gasteiger partial charge in [0.2, 0.25) is 0 Å². The lowest BCUT2D eigenvalue weighted by molar-refractivity contribution is -0.206.